The van der Waals surface area contributed by atoms with Gasteiger partial charge in [-0.15, -0.1) is 0 Å². The molecule has 0 unspecified atom stereocenters. The molecule has 0 N–H and O–H groups in total. The Kier molecular flexibility index (Phi) is 21.6. The molecule has 0 aliphatic heterocycles. The average Bonchev–Trinajstić information content (AvgIpc) is 0.728. The summed E-state index contributed by atoms with van der Waals surface area (Å²) >= 11 is 0. The number of hydrogen-bond acceptors (Lipinski definition) is 8. The molecule has 0 saturated heterocycles. The van der Waals surface area contributed by atoms with Crippen molar-refractivity contribution in [2.24, 2.45) is 71.0 Å². The van der Waals surface area contributed by atoms with E-state index in [2.05, 4.69) is 272 Å². The minimum absolute atomic E-state index is 0.000454. The second-order valence-electron chi connectivity index (χ2n) is 33.0. The van der Waals surface area contributed by atoms with Crippen LogP contribution in [0.5, 0.6) is 17.2 Å². The molecule has 0 aromatic heterocycles. The highest BCUT2D eigenvalue weighted by atomic mass is 32.2. The maximum Gasteiger partial charge on any atom is 0.344 e. The van der Waals surface area contributed by atoms with Crippen molar-refractivity contribution in [1.29, 1.82) is 0 Å². The van der Waals surface area contributed by atoms with Crippen LogP contribution in [0.4, 0.5) is 0 Å². The van der Waals surface area contributed by atoms with Crippen molar-refractivity contribution < 1.29 is 38.0 Å². The lowest BCUT2D eigenvalue weighted by Gasteiger charge is -2.59. The van der Waals surface area contributed by atoms with Crippen LogP contribution in [0.2, 0.25) is 0 Å². The number of esters is 2. The summed E-state index contributed by atoms with van der Waals surface area (Å²) in [5, 5.41) is 0. The van der Waals surface area contributed by atoms with Crippen molar-refractivity contribution in [2.75, 3.05) is 20.0 Å². The average molecular weight is 1470 g/mol. The summed E-state index contributed by atoms with van der Waals surface area (Å²) in [5.41, 5.74) is 2.63. The van der Waals surface area contributed by atoms with Gasteiger partial charge in [0, 0.05) is 17.7 Å². The van der Waals surface area contributed by atoms with Crippen molar-refractivity contribution >= 4 is 44.6 Å². The van der Waals surface area contributed by atoms with Crippen molar-refractivity contribution in [3.05, 3.63) is 253 Å². The molecular weight excluding hydrogens is 1370 g/mol. The van der Waals surface area contributed by atoms with Gasteiger partial charge in [0.2, 0.25) is 0 Å². The second-order valence-corrected chi connectivity index (χ2v) is 39.0. The molecule has 9 aromatic rings. The third-order valence-corrected chi connectivity index (χ3v) is 33.0. The lowest BCUT2D eigenvalue weighted by Crippen LogP contribution is -2.58. The number of hydrogen-bond donors (Lipinski definition) is 0. The normalized spacial score (nSPS) is 28.7. The lowest BCUT2D eigenvalue weighted by molar-refractivity contribution is -0.217. The number of carbonyl (C=O) groups is 2. The van der Waals surface area contributed by atoms with Crippen LogP contribution in [0.1, 0.15) is 134 Å². The van der Waals surface area contributed by atoms with E-state index in [0.717, 1.165) is 75.5 Å². The van der Waals surface area contributed by atoms with Gasteiger partial charge in [-0.3, -0.25) is 0 Å². The summed E-state index contributed by atoms with van der Waals surface area (Å²) in [4.78, 5) is 37.6. The van der Waals surface area contributed by atoms with E-state index in [1.165, 1.54) is 140 Å². The van der Waals surface area contributed by atoms with Crippen molar-refractivity contribution in [2.45, 2.75) is 199 Å². The fraction of sp³-hybridized carbons (Fsp3) is 0.411. The smallest absolute Gasteiger partial charge is 0.344 e. The number of carbonyl (C=O) groups excluding carboxylic acids is 2. The van der Waals surface area contributed by atoms with Crippen molar-refractivity contribution in [3.63, 3.8) is 0 Å². The lowest BCUT2D eigenvalue weighted by atomic mass is 9.50. The van der Waals surface area contributed by atoms with E-state index >= 15 is 0 Å². The van der Waals surface area contributed by atoms with E-state index in [1.807, 2.05) is 6.07 Å². The number of aryl methyl sites for hydroxylation is 3. The minimum atomic E-state index is -0.318. The van der Waals surface area contributed by atoms with E-state index in [0.29, 0.717) is 36.2 Å². The molecule has 12 aliphatic rings. The summed E-state index contributed by atoms with van der Waals surface area (Å²) in [5.74, 6) is 10.8. The van der Waals surface area contributed by atoms with Gasteiger partial charge in [0.25, 0.3) is 0 Å². The molecule has 21 rings (SSSR count). The first-order valence-corrected chi connectivity index (χ1v) is 43.1. The van der Waals surface area contributed by atoms with E-state index in [-0.39, 0.29) is 74.6 Å². The Bertz CT molecular complexity index is 4230. The van der Waals surface area contributed by atoms with E-state index in [4.69, 9.17) is 28.4 Å². The molecule has 12 bridgehead atoms. The van der Waals surface area contributed by atoms with Crippen LogP contribution in [0.3, 0.4) is 0 Å². The van der Waals surface area contributed by atoms with Gasteiger partial charge in [-0.2, -0.15) is 0 Å². The van der Waals surface area contributed by atoms with Gasteiger partial charge < -0.3 is 28.4 Å². The summed E-state index contributed by atoms with van der Waals surface area (Å²) in [6.07, 6.45) is 19.5. The summed E-state index contributed by atoms with van der Waals surface area (Å²) in [6.45, 7) is 13.3. The summed E-state index contributed by atoms with van der Waals surface area (Å²) < 4.78 is 37.1. The third-order valence-electron chi connectivity index (χ3n) is 26.2. The molecule has 548 valence electrons. The number of benzene rings is 9. The molecule has 0 radical (unpaired) electrons. The van der Waals surface area contributed by atoms with Gasteiger partial charge in [-0.25, -0.2) is 9.59 Å². The van der Waals surface area contributed by atoms with Crippen LogP contribution < -0.4 is 14.2 Å². The first kappa shape index (κ1) is 72.5. The SMILES string of the molecule is CC1(OCOc2ccc([S+](c3ccccc3)c3ccccc3)cc2)C2CC3CC(C2)CC1C3.Cc1cc(OCC(=O)OC2(C)C3CC4CC(C3)CC2C4)ccc1[S+](c1ccccc1)c1ccccc1.Cc1cc([S+](c2ccccc2)c2ccccc2)cc(C)c1OCC(=O)OC1(C)C2CC3CC(C2)CC1C3. The van der Waals surface area contributed by atoms with Crippen molar-refractivity contribution in [3.8, 4) is 17.2 Å². The maximum absolute atomic E-state index is 13.0. The van der Waals surface area contributed by atoms with Crippen LogP contribution >= 0.6 is 0 Å². The predicted octanol–water partition coefficient (Wildman–Crippen LogP) is 22.1. The molecule has 0 heterocycles. The highest BCUT2D eigenvalue weighted by Gasteiger charge is 2.59. The first-order valence-electron chi connectivity index (χ1n) is 39.4. The zero-order chi connectivity index (χ0) is 72.5. The monoisotopic (exact) mass is 1470 g/mol. The number of rotatable bonds is 21. The Balaban J connectivity index is 0.000000122. The van der Waals surface area contributed by atoms with Crippen LogP contribution in [-0.2, 0) is 56.5 Å². The third kappa shape index (κ3) is 15.4. The second kappa shape index (κ2) is 31.5. The van der Waals surface area contributed by atoms with Crippen LogP contribution in [0, 0.1) is 91.8 Å². The Labute approximate surface area is 638 Å². The molecule has 11 heteroatoms. The van der Waals surface area contributed by atoms with Gasteiger partial charge in [0.1, 0.15) is 28.5 Å². The van der Waals surface area contributed by atoms with Crippen molar-refractivity contribution in [1.82, 2.24) is 0 Å². The molecule has 9 aromatic carbocycles. The Morgan fingerprint density at radius 1 is 0.311 bits per heavy atom. The maximum atomic E-state index is 13.0. The molecule has 0 atom stereocenters. The predicted molar refractivity (Wildman–Crippen MR) is 425 cm³/mol. The van der Waals surface area contributed by atoms with Gasteiger partial charge in [-0.05, 0) is 335 Å². The van der Waals surface area contributed by atoms with E-state index in [9.17, 15) is 9.59 Å². The van der Waals surface area contributed by atoms with Gasteiger partial charge in [0.05, 0.1) is 38.3 Å². The van der Waals surface area contributed by atoms with Crippen LogP contribution in [0.15, 0.2) is 281 Å². The molecule has 8 nitrogen and oxygen atoms in total. The molecule has 106 heavy (non-hydrogen) atoms. The first-order chi connectivity index (χ1) is 51.6. The fourth-order valence-corrected chi connectivity index (χ4v) is 28.0. The van der Waals surface area contributed by atoms with Gasteiger partial charge >= 0.3 is 11.9 Å². The molecule has 0 spiro atoms. The fourth-order valence-electron chi connectivity index (χ4n) is 21.4. The Hall–Kier alpha value is -7.67. The largest absolute Gasteiger partial charge is 0.482 e. The van der Waals surface area contributed by atoms with Crippen LogP contribution in [-0.4, -0.2) is 48.7 Å². The Morgan fingerprint density at radius 2 is 0.613 bits per heavy atom. The Morgan fingerprint density at radius 3 is 0.962 bits per heavy atom. The van der Waals surface area contributed by atoms with E-state index in [1.54, 1.807) is 0 Å². The van der Waals surface area contributed by atoms with Crippen LogP contribution in [0.25, 0.3) is 0 Å². The summed E-state index contributed by atoms with van der Waals surface area (Å²) in [6, 6.07) is 83.4. The minimum Gasteiger partial charge on any atom is -0.482 e. The quantitative estimate of drug-likeness (QED) is 0.0399. The van der Waals surface area contributed by atoms with Gasteiger partial charge in [0.15, 0.2) is 64.1 Å². The highest BCUT2D eigenvalue weighted by Crippen LogP contribution is 2.62. The molecule has 12 fully saturated rings. The molecule has 0 amide bonds. The molecule has 12 saturated carbocycles. The standard InChI is InChI=1S/C33H37O3S.C32H35O3S.C30H33O2S/c1-22-14-30(37(28-10-6-4-7-11-28)29-12-8-5-9-13-29)15-23(2)32(22)35-21-31(34)36-33(3)26-17-24-16-25(19-26)20-27(33)18-24;1-22-15-27(13-14-30(22)36(28-9-5-3-6-10-28)29-11-7-4-8-12-29)34-21-31(33)35-32(2)25-17-23-16-24(19-25)20-26(32)18-23;1-30(24-17-22-16-23(19-24)20-25(30)18-22)32-21-31-26-12-14-29(15-13-26)33(27-8-4-2-5-9-27)28-10-6-3-7-11-28/h4-15,24-27H,16-21H2,1-3H3;3-15,23-26H,16-21H2,1-2H3;2-15,22-25H,16-21H2,1H3/q3*+1. The number of ether oxygens (including phenoxy) is 6. The van der Waals surface area contributed by atoms with E-state index < -0.39 is 0 Å². The van der Waals surface area contributed by atoms with Gasteiger partial charge in [-0.1, -0.05) is 109 Å². The zero-order valence-electron chi connectivity index (χ0n) is 62.7. The zero-order valence-corrected chi connectivity index (χ0v) is 65.1. The molecular formula is C95H105O8S3+3. The summed E-state index contributed by atoms with van der Waals surface area (Å²) in [7, 11) is -0.552. The topological polar surface area (TPSA) is 89.5 Å². The highest BCUT2D eigenvalue weighted by molar-refractivity contribution is 7.97. The molecule has 12 aliphatic carbocycles.